The summed E-state index contributed by atoms with van der Waals surface area (Å²) in [6.45, 7) is 1.39. The van der Waals surface area contributed by atoms with Crippen molar-refractivity contribution in [3.8, 4) is 0 Å². The Balaban J connectivity index is 1.21. The third kappa shape index (κ3) is 4.02. The van der Waals surface area contributed by atoms with Crippen molar-refractivity contribution >= 4 is 16.7 Å². The van der Waals surface area contributed by atoms with E-state index in [1.165, 1.54) is 21.9 Å². The van der Waals surface area contributed by atoms with E-state index in [2.05, 4.69) is 64.5 Å². The summed E-state index contributed by atoms with van der Waals surface area (Å²) in [5.74, 6) is 1.03. The van der Waals surface area contributed by atoms with Crippen LogP contribution in [-0.2, 0) is 22.4 Å². The van der Waals surface area contributed by atoms with Gasteiger partial charge in [0.15, 0.2) is 0 Å². The van der Waals surface area contributed by atoms with Crippen LogP contribution in [0.3, 0.4) is 0 Å². The second kappa shape index (κ2) is 9.14. The molecule has 3 aliphatic rings. The van der Waals surface area contributed by atoms with Gasteiger partial charge in [-0.15, -0.1) is 0 Å². The van der Waals surface area contributed by atoms with Gasteiger partial charge in [0, 0.05) is 43.1 Å². The van der Waals surface area contributed by atoms with E-state index in [4.69, 9.17) is 4.74 Å². The van der Waals surface area contributed by atoms with Crippen LogP contribution >= 0.6 is 0 Å². The fourth-order valence-corrected chi connectivity index (χ4v) is 6.94. The molecule has 0 radical (unpaired) electrons. The van der Waals surface area contributed by atoms with E-state index in [0.29, 0.717) is 37.1 Å². The third-order valence-electron chi connectivity index (χ3n) is 8.64. The zero-order valence-electron chi connectivity index (χ0n) is 19.9. The summed E-state index contributed by atoms with van der Waals surface area (Å²) in [6, 6.07) is 20.1. The molecule has 2 atom stereocenters. The number of carbonyl (C=O) groups is 1. The molecule has 4 heteroatoms. The third-order valence-corrected chi connectivity index (χ3v) is 8.64. The normalized spacial score (nSPS) is 26.0. The number of benzene rings is 2. The van der Waals surface area contributed by atoms with E-state index < -0.39 is 0 Å². The van der Waals surface area contributed by atoms with Crippen LogP contribution < -0.4 is 0 Å². The first-order valence-electron chi connectivity index (χ1n) is 13.0. The van der Waals surface area contributed by atoms with Gasteiger partial charge in [-0.25, -0.2) is 0 Å². The van der Waals surface area contributed by atoms with Gasteiger partial charge in [-0.3, -0.25) is 9.78 Å². The Morgan fingerprint density at radius 1 is 0.971 bits per heavy atom. The van der Waals surface area contributed by atoms with Gasteiger partial charge < -0.3 is 9.64 Å². The maximum absolute atomic E-state index is 14.2. The number of rotatable bonds is 5. The standard InChI is InChI=1S/C30H34N2O2/c33-29(30(12-15-34-16-13-30)20-22-5-2-1-3-6-22)32-26-9-10-27(32)19-23(18-26)17-25-8-4-7-24-11-14-31-21-28(24)25/h1-8,11,14,21,23,26-27H,9-10,12-13,15-20H2/t26-,27-/m0/s1. The number of hydrogen-bond donors (Lipinski definition) is 0. The zero-order valence-corrected chi connectivity index (χ0v) is 19.9. The summed E-state index contributed by atoms with van der Waals surface area (Å²) in [5, 5.41) is 2.55. The van der Waals surface area contributed by atoms with Gasteiger partial charge in [0.05, 0.1) is 5.41 Å². The van der Waals surface area contributed by atoms with E-state index in [1.807, 2.05) is 12.4 Å². The van der Waals surface area contributed by atoms with Crippen molar-refractivity contribution in [1.82, 2.24) is 9.88 Å². The van der Waals surface area contributed by atoms with Gasteiger partial charge in [-0.1, -0.05) is 48.5 Å². The molecule has 2 bridgehead atoms. The van der Waals surface area contributed by atoms with Crippen molar-refractivity contribution in [3.63, 3.8) is 0 Å². The molecule has 3 aromatic rings. The summed E-state index contributed by atoms with van der Waals surface area (Å²) in [4.78, 5) is 21.0. The molecular formula is C30H34N2O2. The molecule has 0 spiro atoms. The van der Waals surface area contributed by atoms with Gasteiger partial charge in [0.2, 0.25) is 5.91 Å². The lowest BCUT2D eigenvalue weighted by Gasteiger charge is -2.46. The Hall–Kier alpha value is -2.72. The predicted molar refractivity (Wildman–Crippen MR) is 134 cm³/mol. The van der Waals surface area contributed by atoms with Crippen LogP contribution in [0.2, 0.25) is 0 Å². The lowest BCUT2D eigenvalue weighted by Crippen LogP contribution is -2.55. The fraction of sp³-hybridized carbons (Fsp3) is 0.467. The summed E-state index contributed by atoms with van der Waals surface area (Å²) in [7, 11) is 0. The highest BCUT2D eigenvalue weighted by Crippen LogP contribution is 2.45. The Labute approximate surface area is 202 Å². The molecule has 3 saturated heterocycles. The first-order valence-corrected chi connectivity index (χ1v) is 13.0. The monoisotopic (exact) mass is 454 g/mol. The van der Waals surface area contributed by atoms with Crippen LogP contribution in [0, 0.1) is 11.3 Å². The quantitative estimate of drug-likeness (QED) is 0.505. The first kappa shape index (κ1) is 21.8. The van der Waals surface area contributed by atoms with E-state index in [9.17, 15) is 4.79 Å². The van der Waals surface area contributed by atoms with Crippen LogP contribution in [-0.4, -0.2) is 41.1 Å². The zero-order chi connectivity index (χ0) is 23.0. The van der Waals surface area contributed by atoms with Crippen molar-refractivity contribution in [1.29, 1.82) is 0 Å². The van der Waals surface area contributed by atoms with Crippen molar-refractivity contribution in [2.75, 3.05) is 13.2 Å². The van der Waals surface area contributed by atoms with Crippen molar-refractivity contribution in [3.05, 3.63) is 78.1 Å². The molecule has 0 saturated carbocycles. The molecule has 2 aromatic carbocycles. The first-order chi connectivity index (χ1) is 16.7. The average molecular weight is 455 g/mol. The fourth-order valence-electron chi connectivity index (χ4n) is 6.94. The second-order valence-corrected chi connectivity index (χ2v) is 10.7. The molecule has 1 aromatic heterocycles. The predicted octanol–water partition coefficient (Wildman–Crippen LogP) is 5.59. The van der Waals surface area contributed by atoms with Gasteiger partial charge in [0.1, 0.15) is 0 Å². The highest BCUT2D eigenvalue weighted by Gasteiger charge is 2.50. The molecule has 0 unspecified atom stereocenters. The van der Waals surface area contributed by atoms with Crippen molar-refractivity contribution in [2.45, 2.75) is 63.5 Å². The highest BCUT2D eigenvalue weighted by molar-refractivity contribution is 5.85. The minimum absolute atomic E-state index is 0.311. The minimum Gasteiger partial charge on any atom is -0.381 e. The minimum atomic E-state index is -0.311. The lowest BCUT2D eigenvalue weighted by molar-refractivity contribution is -0.153. The van der Waals surface area contributed by atoms with E-state index in [1.54, 1.807) is 0 Å². The van der Waals surface area contributed by atoms with Crippen molar-refractivity contribution < 1.29 is 9.53 Å². The average Bonchev–Trinajstić information content (AvgIpc) is 3.14. The molecule has 3 fully saturated rings. The summed E-state index contributed by atoms with van der Waals surface area (Å²) in [6.07, 6.45) is 12.0. The summed E-state index contributed by atoms with van der Waals surface area (Å²) >= 11 is 0. The number of nitrogens with zero attached hydrogens (tertiary/aromatic N) is 2. The number of piperidine rings is 1. The summed E-state index contributed by atoms with van der Waals surface area (Å²) < 4.78 is 5.71. The number of aromatic nitrogens is 1. The van der Waals surface area contributed by atoms with E-state index in [0.717, 1.165) is 51.4 Å². The molecule has 0 aliphatic carbocycles. The molecule has 1 amide bonds. The van der Waals surface area contributed by atoms with Crippen molar-refractivity contribution in [2.24, 2.45) is 11.3 Å². The Kier molecular flexibility index (Phi) is 5.86. The Morgan fingerprint density at radius 2 is 1.74 bits per heavy atom. The topological polar surface area (TPSA) is 42.4 Å². The van der Waals surface area contributed by atoms with Crippen LogP contribution in [0.15, 0.2) is 67.0 Å². The number of hydrogen-bond acceptors (Lipinski definition) is 3. The Bertz CT molecular complexity index is 1140. The summed E-state index contributed by atoms with van der Waals surface area (Å²) in [5.41, 5.74) is 2.36. The molecule has 6 rings (SSSR count). The number of carbonyl (C=O) groups excluding carboxylic acids is 1. The molecular weight excluding hydrogens is 420 g/mol. The molecule has 0 N–H and O–H groups in total. The number of fused-ring (bicyclic) bond motifs is 3. The molecule has 3 aliphatic heterocycles. The number of ether oxygens (including phenoxy) is 1. The van der Waals surface area contributed by atoms with Gasteiger partial charge >= 0.3 is 0 Å². The van der Waals surface area contributed by atoms with Crippen LogP contribution in [0.1, 0.15) is 49.7 Å². The lowest BCUT2D eigenvalue weighted by atomic mass is 9.73. The molecule has 34 heavy (non-hydrogen) atoms. The van der Waals surface area contributed by atoms with E-state index in [-0.39, 0.29) is 5.41 Å². The Morgan fingerprint density at radius 3 is 2.50 bits per heavy atom. The van der Waals surface area contributed by atoms with Gasteiger partial charge in [0.25, 0.3) is 0 Å². The smallest absolute Gasteiger partial charge is 0.229 e. The van der Waals surface area contributed by atoms with Crippen LogP contribution in [0.4, 0.5) is 0 Å². The number of amides is 1. The van der Waals surface area contributed by atoms with Crippen LogP contribution in [0.5, 0.6) is 0 Å². The van der Waals surface area contributed by atoms with E-state index >= 15 is 0 Å². The van der Waals surface area contributed by atoms with Crippen LogP contribution in [0.25, 0.3) is 10.8 Å². The SMILES string of the molecule is O=C(N1[C@H]2CC[C@H]1CC(Cc1cccc3ccncc13)C2)C1(Cc2ccccc2)CCOCC1. The maximum atomic E-state index is 14.2. The molecule has 4 nitrogen and oxygen atoms in total. The number of pyridine rings is 1. The second-order valence-electron chi connectivity index (χ2n) is 10.7. The van der Waals surface area contributed by atoms with Gasteiger partial charge in [-0.2, -0.15) is 0 Å². The highest BCUT2D eigenvalue weighted by atomic mass is 16.5. The maximum Gasteiger partial charge on any atom is 0.229 e. The molecule has 4 heterocycles. The largest absolute Gasteiger partial charge is 0.381 e. The van der Waals surface area contributed by atoms with Gasteiger partial charge in [-0.05, 0) is 79.9 Å². The molecule has 176 valence electrons.